The molecule has 2 heterocycles. The van der Waals surface area contributed by atoms with Crippen LogP contribution in [0.2, 0.25) is 0 Å². The first kappa shape index (κ1) is 14.9. The molecule has 0 aliphatic rings. The van der Waals surface area contributed by atoms with Crippen LogP contribution >= 0.6 is 11.3 Å². The van der Waals surface area contributed by atoms with Crippen LogP contribution in [0.4, 0.5) is 14.5 Å². The zero-order chi connectivity index (χ0) is 15.1. The first-order valence-electron chi connectivity index (χ1n) is 5.65. The molecule has 0 atom stereocenters. The molecule has 0 amide bonds. The van der Waals surface area contributed by atoms with Crippen LogP contribution in [-0.4, -0.2) is 18.6 Å². The smallest absolute Gasteiger partial charge is 0.280 e. The van der Waals surface area contributed by atoms with E-state index < -0.39 is 22.1 Å². The molecule has 0 aromatic carbocycles. The minimum absolute atomic E-state index is 0.0980. The predicted octanol–water partition coefficient (Wildman–Crippen LogP) is 3.13. The fourth-order valence-electron chi connectivity index (χ4n) is 1.80. The summed E-state index contributed by atoms with van der Waals surface area (Å²) in [6, 6.07) is 1.51. The summed E-state index contributed by atoms with van der Waals surface area (Å²) in [6.07, 6.45) is -2.86. The lowest BCUT2D eigenvalue weighted by molar-refractivity contribution is 0.147. The number of aryl methyl sites for hydroxylation is 3. The van der Waals surface area contributed by atoms with Gasteiger partial charge in [-0.1, -0.05) is 0 Å². The number of H-pyrrole nitrogens is 1. The van der Waals surface area contributed by atoms with Gasteiger partial charge in [0.2, 0.25) is 0 Å². The fraction of sp³-hybridized carbons (Fsp3) is 0.364. The standard InChI is InChI=1S/C11H13F2N3O2S2/c1-5-4-8(7(3)19-5)20(17,18)16-9-6(2)14-15-10(9)11(12)13/h4,11,16H,1-3H3,(H,14,15). The van der Waals surface area contributed by atoms with E-state index in [1.165, 1.54) is 24.3 Å². The van der Waals surface area contributed by atoms with Gasteiger partial charge in [-0.05, 0) is 26.8 Å². The van der Waals surface area contributed by atoms with E-state index in [0.29, 0.717) is 4.88 Å². The molecule has 20 heavy (non-hydrogen) atoms. The van der Waals surface area contributed by atoms with E-state index >= 15 is 0 Å². The fourth-order valence-corrected chi connectivity index (χ4v) is 4.49. The molecule has 5 nitrogen and oxygen atoms in total. The van der Waals surface area contributed by atoms with Crippen molar-refractivity contribution in [1.82, 2.24) is 10.2 Å². The maximum atomic E-state index is 12.8. The minimum Gasteiger partial charge on any atom is -0.280 e. The van der Waals surface area contributed by atoms with Crippen LogP contribution < -0.4 is 4.72 Å². The van der Waals surface area contributed by atoms with Crippen molar-refractivity contribution in [3.63, 3.8) is 0 Å². The Labute approximate surface area is 119 Å². The average molecular weight is 321 g/mol. The molecule has 0 unspecified atom stereocenters. The van der Waals surface area contributed by atoms with Gasteiger partial charge in [-0.25, -0.2) is 17.2 Å². The number of rotatable bonds is 4. The highest BCUT2D eigenvalue weighted by molar-refractivity contribution is 7.93. The summed E-state index contributed by atoms with van der Waals surface area (Å²) < 4.78 is 52.3. The van der Waals surface area contributed by atoms with Crippen LogP contribution in [0.1, 0.15) is 27.6 Å². The second kappa shape index (κ2) is 5.13. The van der Waals surface area contributed by atoms with Crippen molar-refractivity contribution in [2.24, 2.45) is 0 Å². The number of sulfonamides is 1. The minimum atomic E-state index is -3.90. The molecule has 0 fully saturated rings. The monoisotopic (exact) mass is 321 g/mol. The summed E-state index contributed by atoms with van der Waals surface area (Å²) in [7, 11) is -3.90. The van der Waals surface area contributed by atoms with Crippen molar-refractivity contribution in [3.8, 4) is 0 Å². The highest BCUT2D eigenvalue weighted by atomic mass is 32.2. The highest BCUT2D eigenvalue weighted by Crippen LogP contribution is 2.31. The van der Waals surface area contributed by atoms with Crippen LogP contribution in [0, 0.1) is 20.8 Å². The summed E-state index contributed by atoms with van der Waals surface area (Å²) in [5.41, 5.74) is -0.549. The second-order valence-electron chi connectivity index (χ2n) is 4.29. The van der Waals surface area contributed by atoms with E-state index in [0.717, 1.165) is 4.88 Å². The average Bonchev–Trinajstić information content (AvgIpc) is 2.83. The van der Waals surface area contributed by atoms with E-state index in [2.05, 4.69) is 14.9 Å². The van der Waals surface area contributed by atoms with Crippen molar-refractivity contribution >= 4 is 27.0 Å². The number of halogens is 2. The molecule has 9 heteroatoms. The Morgan fingerprint density at radius 3 is 2.50 bits per heavy atom. The van der Waals surface area contributed by atoms with Gasteiger partial charge in [0.05, 0.1) is 11.4 Å². The van der Waals surface area contributed by atoms with Crippen LogP contribution in [0.3, 0.4) is 0 Å². The van der Waals surface area contributed by atoms with Crippen molar-refractivity contribution in [2.75, 3.05) is 4.72 Å². The van der Waals surface area contributed by atoms with Gasteiger partial charge in [-0.2, -0.15) is 5.10 Å². The van der Waals surface area contributed by atoms with E-state index in [1.54, 1.807) is 13.8 Å². The van der Waals surface area contributed by atoms with Crippen molar-refractivity contribution in [3.05, 3.63) is 27.2 Å². The SMILES string of the molecule is Cc1cc(S(=O)(=O)Nc2c(C(F)F)n[nH]c2C)c(C)s1. The Hall–Kier alpha value is -1.48. The first-order valence-corrected chi connectivity index (χ1v) is 7.95. The normalized spacial score (nSPS) is 12.1. The number of thiophene rings is 1. The molecule has 0 aliphatic carbocycles. The topological polar surface area (TPSA) is 74.8 Å². The van der Waals surface area contributed by atoms with Gasteiger partial charge < -0.3 is 0 Å². The molecule has 0 aliphatic heterocycles. The summed E-state index contributed by atoms with van der Waals surface area (Å²) >= 11 is 1.33. The third kappa shape index (κ3) is 2.68. The van der Waals surface area contributed by atoms with Gasteiger partial charge in [-0.15, -0.1) is 11.3 Å². The Kier molecular flexibility index (Phi) is 3.83. The number of nitrogens with zero attached hydrogens (tertiary/aromatic N) is 1. The molecular formula is C11H13F2N3O2S2. The molecule has 0 spiro atoms. The lowest BCUT2D eigenvalue weighted by Crippen LogP contribution is -2.14. The van der Waals surface area contributed by atoms with Crippen LogP contribution in [-0.2, 0) is 10.0 Å². The maximum Gasteiger partial charge on any atom is 0.284 e. The van der Waals surface area contributed by atoms with E-state index in [-0.39, 0.29) is 16.3 Å². The number of hydrogen-bond donors (Lipinski definition) is 2. The second-order valence-corrected chi connectivity index (χ2v) is 7.40. The molecule has 110 valence electrons. The summed E-state index contributed by atoms with van der Waals surface area (Å²) in [5.74, 6) is 0. The molecular weight excluding hydrogens is 308 g/mol. The number of nitrogens with one attached hydrogen (secondary N) is 2. The van der Waals surface area contributed by atoms with Gasteiger partial charge in [-0.3, -0.25) is 9.82 Å². The molecule has 0 radical (unpaired) electrons. The van der Waals surface area contributed by atoms with Crippen LogP contribution in [0.5, 0.6) is 0 Å². The lowest BCUT2D eigenvalue weighted by atomic mass is 10.3. The van der Waals surface area contributed by atoms with E-state index in [4.69, 9.17) is 0 Å². The van der Waals surface area contributed by atoms with Gasteiger partial charge in [0, 0.05) is 9.75 Å². The number of aromatic amines is 1. The summed E-state index contributed by atoms with van der Waals surface area (Å²) in [4.78, 5) is 1.54. The number of hydrogen-bond acceptors (Lipinski definition) is 4. The number of alkyl halides is 2. The first-order chi connectivity index (χ1) is 9.22. The third-order valence-corrected chi connectivity index (χ3v) is 5.27. The van der Waals surface area contributed by atoms with E-state index in [1.807, 2.05) is 0 Å². The summed E-state index contributed by atoms with van der Waals surface area (Å²) in [5, 5.41) is 5.78. The third-order valence-electron chi connectivity index (χ3n) is 2.70. The van der Waals surface area contributed by atoms with Crippen molar-refractivity contribution in [1.29, 1.82) is 0 Å². The molecule has 2 aromatic rings. The number of aromatic nitrogens is 2. The van der Waals surface area contributed by atoms with Crippen molar-refractivity contribution in [2.45, 2.75) is 32.1 Å². The zero-order valence-corrected chi connectivity index (χ0v) is 12.6. The Morgan fingerprint density at radius 1 is 1.35 bits per heavy atom. The molecule has 0 saturated carbocycles. The maximum absolute atomic E-state index is 12.8. The Morgan fingerprint density at radius 2 is 2.00 bits per heavy atom. The van der Waals surface area contributed by atoms with Crippen LogP contribution in [0.25, 0.3) is 0 Å². The Balaban J connectivity index is 2.44. The Bertz CT molecular complexity index is 735. The quantitative estimate of drug-likeness (QED) is 0.908. The molecule has 0 saturated heterocycles. The zero-order valence-electron chi connectivity index (χ0n) is 11.0. The highest BCUT2D eigenvalue weighted by Gasteiger charge is 2.25. The lowest BCUT2D eigenvalue weighted by Gasteiger charge is -2.08. The predicted molar refractivity (Wildman–Crippen MR) is 72.9 cm³/mol. The van der Waals surface area contributed by atoms with Crippen LogP contribution in [0.15, 0.2) is 11.0 Å². The van der Waals surface area contributed by atoms with Gasteiger partial charge in [0.15, 0.2) is 5.69 Å². The largest absolute Gasteiger partial charge is 0.284 e. The molecule has 2 rings (SSSR count). The molecule has 0 bridgehead atoms. The van der Waals surface area contributed by atoms with Gasteiger partial charge in [0.25, 0.3) is 16.4 Å². The molecule has 2 aromatic heterocycles. The summed E-state index contributed by atoms with van der Waals surface area (Å²) in [6.45, 7) is 4.93. The van der Waals surface area contributed by atoms with Gasteiger partial charge >= 0.3 is 0 Å². The van der Waals surface area contributed by atoms with Crippen molar-refractivity contribution < 1.29 is 17.2 Å². The van der Waals surface area contributed by atoms with Gasteiger partial charge in [0.1, 0.15) is 4.90 Å². The molecule has 2 N–H and O–H groups in total. The number of anilines is 1. The van der Waals surface area contributed by atoms with E-state index in [9.17, 15) is 17.2 Å².